The highest BCUT2D eigenvalue weighted by molar-refractivity contribution is 5.77. The molecule has 21 heavy (non-hydrogen) atoms. The van der Waals surface area contributed by atoms with Gasteiger partial charge in [0, 0.05) is 19.5 Å². The van der Waals surface area contributed by atoms with Gasteiger partial charge in [0.2, 0.25) is 5.91 Å². The summed E-state index contributed by atoms with van der Waals surface area (Å²) in [6.45, 7) is 4.19. The zero-order chi connectivity index (χ0) is 15.8. The Kier molecular flexibility index (Phi) is 6.72. The fraction of sp³-hybridized carbons (Fsp3) is 0.500. The Morgan fingerprint density at radius 1 is 1.29 bits per heavy atom. The second-order valence-electron chi connectivity index (χ2n) is 5.11. The van der Waals surface area contributed by atoms with Crippen LogP contribution in [0.5, 0.6) is 5.75 Å². The summed E-state index contributed by atoms with van der Waals surface area (Å²) in [6.07, 6.45) is 1.18. The van der Waals surface area contributed by atoms with Gasteiger partial charge in [-0.1, -0.05) is 26.0 Å². The van der Waals surface area contributed by atoms with Crippen LogP contribution in [0.4, 0.5) is 0 Å². The summed E-state index contributed by atoms with van der Waals surface area (Å²) < 4.78 is 5.10. The average Bonchev–Trinajstić information content (AvgIpc) is 2.47. The number of hydrogen-bond donors (Lipinski definition) is 1. The molecule has 1 unspecified atom stereocenters. The van der Waals surface area contributed by atoms with Gasteiger partial charge >= 0.3 is 5.97 Å². The van der Waals surface area contributed by atoms with Crippen molar-refractivity contribution in [3.05, 3.63) is 29.8 Å². The van der Waals surface area contributed by atoms with Crippen molar-refractivity contribution < 1.29 is 19.4 Å². The molecule has 1 atom stereocenters. The monoisotopic (exact) mass is 293 g/mol. The van der Waals surface area contributed by atoms with Gasteiger partial charge in [0.15, 0.2) is 0 Å². The first-order valence-corrected chi connectivity index (χ1v) is 7.11. The summed E-state index contributed by atoms with van der Waals surface area (Å²) in [5.74, 6) is -0.728. The first kappa shape index (κ1) is 17.0. The van der Waals surface area contributed by atoms with Crippen LogP contribution >= 0.6 is 0 Å². The second kappa shape index (κ2) is 8.29. The van der Waals surface area contributed by atoms with E-state index in [1.165, 1.54) is 0 Å². The lowest BCUT2D eigenvalue weighted by atomic mass is 10.1. The molecule has 0 saturated carbocycles. The summed E-state index contributed by atoms with van der Waals surface area (Å²) in [5, 5.41) is 9.02. The molecule has 5 nitrogen and oxygen atoms in total. The molecule has 0 bridgehead atoms. The molecule has 0 heterocycles. The quantitative estimate of drug-likeness (QED) is 0.800. The number of carboxylic acids is 1. The molecule has 1 N–H and O–H groups in total. The normalized spacial score (nSPS) is 11.8. The maximum atomic E-state index is 12.1. The van der Waals surface area contributed by atoms with E-state index in [0.717, 1.165) is 17.7 Å². The lowest BCUT2D eigenvalue weighted by Crippen LogP contribution is -2.36. The summed E-state index contributed by atoms with van der Waals surface area (Å²) in [4.78, 5) is 24.7. The Bertz CT molecular complexity index is 470. The Labute approximate surface area is 125 Å². The van der Waals surface area contributed by atoms with Gasteiger partial charge in [0.1, 0.15) is 5.75 Å². The fourth-order valence-corrected chi connectivity index (χ4v) is 1.99. The third-order valence-electron chi connectivity index (χ3n) is 3.26. The molecule has 0 aliphatic heterocycles. The van der Waals surface area contributed by atoms with Gasteiger partial charge in [-0.15, -0.1) is 0 Å². The highest BCUT2D eigenvalue weighted by Crippen LogP contribution is 2.15. The second-order valence-corrected chi connectivity index (χ2v) is 5.11. The van der Waals surface area contributed by atoms with Crippen LogP contribution in [0, 0.1) is 5.92 Å². The van der Waals surface area contributed by atoms with Crippen LogP contribution in [0.1, 0.15) is 32.3 Å². The van der Waals surface area contributed by atoms with E-state index in [0.29, 0.717) is 13.0 Å². The molecule has 1 aromatic rings. The van der Waals surface area contributed by atoms with E-state index < -0.39 is 11.9 Å². The minimum absolute atomic E-state index is 0.0126. The summed E-state index contributed by atoms with van der Waals surface area (Å²) >= 11 is 0. The van der Waals surface area contributed by atoms with Gasteiger partial charge in [0.05, 0.1) is 13.0 Å². The average molecular weight is 293 g/mol. The lowest BCUT2D eigenvalue weighted by molar-refractivity contribution is -0.143. The van der Waals surface area contributed by atoms with Crippen molar-refractivity contribution in [1.29, 1.82) is 0 Å². The number of rotatable bonds is 8. The zero-order valence-corrected chi connectivity index (χ0v) is 12.8. The number of ether oxygens (including phenoxy) is 1. The van der Waals surface area contributed by atoms with Gasteiger partial charge in [-0.05, 0) is 24.1 Å². The number of carbonyl (C=O) groups is 2. The SMILES string of the molecule is CCCC(=O)N(Cc1ccc(OC)cc1)CC(C)C(=O)O. The third kappa shape index (κ3) is 5.45. The molecule has 116 valence electrons. The number of methoxy groups -OCH3 is 1. The minimum Gasteiger partial charge on any atom is -0.497 e. The van der Waals surface area contributed by atoms with Gasteiger partial charge in [-0.25, -0.2) is 0 Å². The molecular weight excluding hydrogens is 270 g/mol. The first-order chi connectivity index (χ1) is 9.97. The molecule has 1 amide bonds. The Hall–Kier alpha value is -2.04. The van der Waals surface area contributed by atoms with Crippen LogP contribution in [0.3, 0.4) is 0 Å². The van der Waals surface area contributed by atoms with Crippen LogP contribution in [0.2, 0.25) is 0 Å². The molecule has 1 rings (SSSR count). The summed E-state index contributed by atoms with van der Waals surface area (Å²) in [6, 6.07) is 7.43. The molecule has 1 aromatic carbocycles. The first-order valence-electron chi connectivity index (χ1n) is 7.11. The molecule has 0 radical (unpaired) electrons. The summed E-state index contributed by atoms with van der Waals surface area (Å²) in [7, 11) is 1.60. The van der Waals surface area contributed by atoms with Crippen molar-refractivity contribution >= 4 is 11.9 Å². The number of carbonyl (C=O) groups excluding carboxylic acids is 1. The van der Waals surface area contributed by atoms with Crippen molar-refractivity contribution in [2.45, 2.75) is 33.2 Å². The summed E-state index contributed by atoms with van der Waals surface area (Å²) in [5.41, 5.74) is 0.956. The van der Waals surface area contributed by atoms with Gasteiger partial charge in [-0.2, -0.15) is 0 Å². The zero-order valence-electron chi connectivity index (χ0n) is 12.8. The molecular formula is C16H23NO4. The Balaban J connectivity index is 2.79. The van der Waals surface area contributed by atoms with E-state index in [9.17, 15) is 9.59 Å². The molecule has 0 aliphatic carbocycles. The minimum atomic E-state index is -0.890. The topological polar surface area (TPSA) is 66.8 Å². The van der Waals surface area contributed by atoms with Gasteiger partial charge < -0.3 is 14.7 Å². The van der Waals surface area contributed by atoms with Crippen molar-refractivity contribution in [2.75, 3.05) is 13.7 Å². The smallest absolute Gasteiger partial charge is 0.308 e. The highest BCUT2D eigenvalue weighted by atomic mass is 16.5. The van der Waals surface area contributed by atoms with Crippen LogP contribution < -0.4 is 4.74 Å². The van der Waals surface area contributed by atoms with E-state index in [2.05, 4.69) is 0 Å². The number of carboxylic acid groups (broad SMARTS) is 1. The van der Waals surface area contributed by atoms with E-state index >= 15 is 0 Å². The maximum absolute atomic E-state index is 12.1. The highest BCUT2D eigenvalue weighted by Gasteiger charge is 2.20. The van der Waals surface area contributed by atoms with Crippen molar-refractivity contribution in [2.24, 2.45) is 5.92 Å². The number of nitrogens with zero attached hydrogens (tertiary/aromatic N) is 1. The number of benzene rings is 1. The van der Waals surface area contributed by atoms with Crippen molar-refractivity contribution in [3.63, 3.8) is 0 Å². The molecule has 0 saturated heterocycles. The van der Waals surface area contributed by atoms with Crippen LogP contribution in [-0.4, -0.2) is 35.5 Å². The van der Waals surface area contributed by atoms with Gasteiger partial charge in [-0.3, -0.25) is 9.59 Å². The molecule has 5 heteroatoms. The third-order valence-corrected chi connectivity index (χ3v) is 3.26. The molecule has 0 fully saturated rings. The van der Waals surface area contributed by atoms with E-state index in [-0.39, 0.29) is 12.5 Å². The van der Waals surface area contributed by atoms with E-state index in [1.807, 2.05) is 31.2 Å². The standard InChI is InChI=1S/C16H23NO4/c1-4-5-15(18)17(10-12(2)16(19)20)11-13-6-8-14(21-3)9-7-13/h6-9,12H,4-5,10-11H2,1-3H3,(H,19,20). The van der Waals surface area contributed by atoms with E-state index in [1.54, 1.807) is 18.9 Å². The molecule has 0 aliphatic rings. The predicted molar refractivity (Wildman–Crippen MR) is 80.1 cm³/mol. The number of hydrogen-bond acceptors (Lipinski definition) is 3. The maximum Gasteiger partial charge on any atom is 0.308 e. The van der Waals surface area contributed by atoms with Gasteiger partial charge in [0.25, 0.3) is 0 Å². The van der Waals surface area contributed by atoms with Crippen molar-refractivity contribution in [1.82, 2.24) is 4.90 Å². The van der Waals surface area contributed by atoms with E-state index in [4.69, 9.17) is 9.84 Å². The van der Waals surface area contributed by atoms with Crippen LogP contribution in [-0.2, 0) is 16.1 Å². The number of amides is 1. The van der Waals surface area contributed by atoms with Crippen LogP contribution in [0.15, 0.2) is 24.3 Å². The molecule has 0 spiro atoms. The predicted octanol–water partition coefficient (Wildman–Crippen LogP) is 2.54. The van der Waals surface area contributed by atoms with Crippen LogP contribution in [0.25, 0.3) is 0 Å². The lowest BCUT2D eigenvalue weighted by Gasteiger charge is -2.24. The number of aliphatic carboxylic acids is 1. The molecule has 0 aromatic heterocycles. The fourth-order valence-electron chi connectivity index (χ4n) is 1.99. The largest absolute Gasteiger partial charge is 0.497 e. The Morgan fingerprint density at radius 3 is 2.38 bits per heavy atom. The Morgan fingerprint density at radius 2 is 1.90 bits per heavy atom. The van der Waals surface area contributed by atoms with Crippen molar-refractivity contribution in [3.8, 4) is 5.75 Å².